The van der Waals surface area contributed by atoms with Crippen molar-refractivity contribution in [3.05, 3.63) is 180 Å². The Labute approximate surface area is 233 Å². The summed E-state index contributed by atoms with van der Waals surface area (Å²) < 4.78 is 2.41. The zero-order valence-electron chi connectivity index (χ0n) is 21.9. The largest absolute Gasteiger partial charge is 0.296 e. The van der Waals surface area contributed by atoms with Crippen molar-refractivity contribution in [2.24, 2.45) is 0 Å². The van der Waals surface area contributed by atoms with Gasteiger partial charge in [0.1, 0.15) is 5.82 Å². The van der Waals surface area contributed by atoms with Crippen LogP contribution in [0.1, 0.15) is 22.4 Å². The molecule has 40 heavy (non-hydrogen) atoms. The lowest BCUT2D eigenvalue weighted by molar-refractivity contribution is 0.714. The van der Waals surface area contributed by atoms with Gasteiger partial charge in [0.25, 0.3) is 0 Å². The van der Waals surface area contributed by atoms with Gasteiger partial charge in [0.2, 0.25) is 0 Å². The van der Waals surface area contributed by atoms with E-state index in [0.29, 0.717) is 0 Å². The second kappa shape index (κ2) is 8.93. The fourth-order valence-corrected chi connectivity index (χ4v) is 6.71. The van der Waals surface area contributed by atoms with Crippen molar-refractivity contribution in [3.63, 3.8) is 0 Å². The Kier molecular flexibility index (Phi) is 5.08. The van der Waals surface area contributed by atoms with Crippen molar-refractivity contribution in [3.8, 4) is 28.2 Å². The molecule has 0 saturated carbocycles. The van der Waals surface area contributed by atoms with Crippen LogP contribution in [0, 0.1) is 0 Å². The molecule has 0 radical (unpaired) electrons. The van der Waals surface area contributed by atoms with Gasteiger partial charge in [-0.3, -0.25) is 4.57 Å². The molecule has 0 unspecified atom stereocenters. The van der Waals surface area contributed by atoms with Gasteiger partial charge in [-0.1, -0.05) is 140 Å². The minimum Gasteiger partial charge on any atom is -0.296 e. The Morgan fingerprint density at radius 2 is 1.10 bits per heavy atom. The van der Waals surface area contributed by atoms with Gasteiger partial charge >= 0.3 is 0 Å². The summed E-state index contributed by atoms with van der Waals surface area (Å²) >= 11 is 0. The topological polar surface area (TPSA) is 17.8 Å². The number of benzene rings is 5. The first-order valence-electron chi connectivity index (χ1n) is 13.7. The maximum atomic E-state index is 5.29. The maximum Gasteiger partial charge on any atom is 0.138 e. The van der Waals surface area contributed by atoms with Gasteiger partial charge in [0.15, 0.2) is 0 Å². The molecule has 7 aromatic rings. The summed E-state index contributed by atoms with van der Waals surface area (Å²) in [5, 5.41) is 1.24. The van der Waals surface area contributed by atoms with Crippen LogP contribution in [0.4, 0.5) is 0 Å². The molecule has 0 amide bonds. The third-order valence-corrected chi connectivity index (χ3v) is 8.28. The van der Waals surface area contributed by atoms with Crippen molar-refractivity contribution < 1.29 is 0 Å². The Hall–Kier alpha value is -5.21. The highest BCUT2D eigenvalue weighted by molar-refractivity contribution is 6.05. The molecule has 0 saturated heterocycles. The monoisotopic (exact) mass is 510 g/mol. The number of fused-ring (bicyclic) bond motifs is 5. The standard InChI is InChI=1S/C38H26N2/c1-4-15-27(16-5-1)33-24-14-26-35(39-33)40-34-25-13-11-22-31(34)36-30-21-10-12-23-32(30)38(37(36)40,28-17-6-2-7-18-28)29-19-8-3-9-20-29/h1-26H. The van der Waals surface area contributed by atoms with Gasteiger partial charge in [-0.2, -0.15) is 0 Å². The average Bonchev–Trinajstić information content (AvgIpc) is 3.54. The Morgan fingerprint density at radius 3 is 1.82 bits per heavy atom. The highest BCUT2D eigenvalue weighted by atomic mass is 15.1. The summed E-state index contributed by atoms with van der Waals surface area (Å²) in [6.07, 6.45) is 0. The lowest BCUT2D eigenvalue weighted by atomic mass is 9.69. The fraction of sp³-hybridized carbons (Fsp3) is 0.0263. The molecule has 2 heteroatoms. The first-order valence-corrected chi connectivity index (χ1v) is 13.7. The van der Waals surface area contributed by atoms with Crippen LogP contribution in [0.5, 0.6) is 0 Å². The van der Waals surface area contributed by atoms with Crippen LogP contribution in [-0.4, -0.2) is 9.55 Å². The summed E-state index contributed by atoms with van der Waals surface area (Å²) in [6.45, 7) is 0. The quantitative estimate of drug-likeness (QED) is 0.231. The number of aromatic nitrogens is 2. The van der Waals surface area contributed by atoms with E-state index < -0.39 is 5.41 Å². The predicted octanol–water partition coefficient (Wildman–Crippen LogP) is 9.06. The summed E-state index contributed by atoms with van der Waals surface area (Å²) in [7, 11) is 0. The van der Waals surface area contributed by atoms with E-state index in [-0.39, 0.29) is 0 Å². The molecule has 2 heterocycles. The van der Waals surface area contributed by atoms with E-state index in [9.17, 15) is 0 Å². The molecule has 0 atom stereocenters. The van der Waals surface area contributed by atoms with Crippen molar-refractivity contribution in [1.82, 2.24) is 9.55 Å². The van der Waals surface area contributed by atoms with Gasteiger partial charge in [-0.05, 0) is 40.5 Å². The van der Waals surface area contributed by atoms with Crippen LogP contribution in [0.3, 0.4) is 0 Å². The van der Waals surface area contributed by atoms with Crippen molar-refractivity contribution in [1.29, 1.82) is 0 Å². The Balaban J connectivity index is 1.56. The van der Waals surface area contributed by atoms with E-state index in [2.05, 4.69) is 156 Å². The van der Waals surface area contributed by atoms with Crippen LogP contribution in [0.15, 0.2) is 158 Å². The van der Waals surface area contributed by atoms with E-state index in [1.54, 1.807) is 0 Å². The predicted molar refractivity (Wildman–Crippen MR) is 164 cm³/mol. The number of nitrogens with zero attached hydrogens (tertiary/aromatic N) is 2. The van der Waals surface area contributed by atoms with Crippen LogP contribution < -0.4 is 0 Å². The van der Waals surface area contributed by atoms with Crippen molar-refractivity contribution in [2.75, 3.05) is 0 Å². The molecule has 0 fully saturated rings. The van der Waals surface area contributed by atoms with E-state index in [1.807, 2.05) is 6.07 Å². The first-order chi connectivity index (χ1) is 19.9. The van der Waals surface area contributed by atoms with Crippen molar-refractivity contribution >= 4 is 10.9 Å². The molecule has 188 valence electrons. The Morgan fingerprint density at radius 1 is 0.500 bits per heavy atom. The average molecular weight is 511 g/mol. The first kappa shape index (κ1) is 22.7. The molecule has 5 aromatic carbocycles. The molecular formula is C38H26N2. The maximum absolute atomic E-state index is 5.29. The summed E-state index contributed by atoms with van der Waals surface area (Å²) in [5.41, 5.74) is 10.3. The van der Waals surface area contributed by atoms with Gasteiger partial charge in [0.05, 0.1) is 22.3 Å². The molecule has 0 N–H and O–H groups in total. The normalized spacial score (nSPS) is 13.2. The van der Waals surface area contributed by atoms with Crippen LogP contribution >= 0.6 is 0 Å². The molecule has 8 rings (SSSR count). The minimum absolute atomic E-state index is 0.516. The van der Waals surface area contributed by atoms with E-state index >= 15 is 0 Å². The molecule has 1 aliphatic carbocycles. The Bertz CT molecular complexity index is 1950. The molecule has 2 nitrogen and oxygen atoms in total. The number of hydrogen-bond donors (Lipinski definition) is 0. The van der Waals surface area contributed by atoms with E-state index in [0.717, 1.165) is 22.6 Å². The smallest absolute Gasteiger partial charge is 0.138 e. The van der Waals surface area contributed by atoms with E-state index in [1.165, 1.54) is 38.9 Å². The molecule has 0 aliphatic heterocycles. The number of pyridine rings is 1. The third-order valence-electron chi connectivity index (χ3n) is 8.28. The highest BCUT2D eigenvalue weighted by Crippen LogP contribution is 2.59. The van der Waals surface area contributed by atoms with Crippen molar-refractivity contribution in [2.45, 2.75) is 5.41 Å². The zero-order chi connectivity index (χ0) is 26.5. The molecule has 0 spiro atoms. The molecular weight excluding hydrogens is 484 g/mol. The van der Waals surface area contributed by atoms with E-state index in [4.69, 9.17) is 4.98 Å². The molecule has 1 aliphatic rings. The third kappa shape index (κ3) is 3.14. The van der Waals surface area contributed by atoms with Crippen LogP contribution in [0.25, 0.3) is 39.1 Å². The second-order valence-electron chi connectivity index (χ2n) is 10.4. The summed E-state index contributed by atoms with van der Waals surface area (Å²) in [5.74, 6) is 0.919. The van der Waals surface area contributed by atoms with Crippen LogP contribution in [-0.2, 0) is 5.41 Å². The number of rotatable bonds is 4. The minimum atomic E-state index is -0.516. The number of hydrogen-bond acceptors (Lipinski definition) is 1. The van der Waals surface area contributed by atoms with Gasteiger partial charge < -0.3 is 0 Å². The zero-order valence-corrected chi connectivity index (χ0v) is 21.9. The SMILES string of the molecule is c1ccc(-c2cccc(-n3c4c(c5ccccc53)-c3ccccc3C4(c3ccccc3)c3ccccc3)n2)cc1. The van der Waals surface area contributed by atoms with Gasteiger partial charge in [-0.15, -0.1) is 0 Å². The van der Waals surface area contributed by atoms with Gasteiger partial charge in [-0.25, -0.2) is 4.98 Å². The van der Waals surface area contributed by atoms with Crippen LogP contribution in [0.2, 0.25) is 0 Å². The van der Waals surface area contributed by atoms with Gasteiger partial charge in [0, 0.05) is 16.5 Å². The second-order valence-corrected chi connectivity index (χ2v) is 10.4. The summed E-state index contributed by atoms with van der Waals surface area (Å²) in [6, 6.07) is 56.4. The lowest BCUT2D eigenvalue weighted by Crippen LogP contribution is -2.31. The molecule has 2 aromatic heterocycles. The molecule has 0 bridgehead atoms. The lowest BCUT2D eigenvalue weighted by Gasteiger charge is -2.34. The summed E-state index contributed by atoms with van der Waals surface area (Å²) in [4.78, 5) is 5.29. The highest BCUT2D eigenvalue weighted by Gasteiger charge is 2.49. The number of para-hydroxylation sites is 1. The fourth-order valence-electron chi connectivity index (χ4n) is 6.71.